The van der Waals surface area contributed by atoms with Crippen LogP contribution < -0.4 is 11.3 Å². The van der Waals surface area contributed by atoms with Crippen molar-refractivity contribution in [3.8, 4) is 0 Å². The molecule has 1 fully saturated rings. The molecular formula is C15H18N2O. The normalized spacial score (nSPS) is 23.6. The molecule has 0 radical (unpaired) electrons. The van der Waals surface area contributed by atoms with Crippen molar-refractivity contribution >= 4 is 16.6 Å². The van der Waals surface area contributed by atoms with Crippen LogP contribution in [0.25, 0.3) is 10.8 Å². The van der Waals surface area contributed by atoms with Crippen LogP contribution in [0.1, 0.15) is 32.2 Å². The van der Waals surface area contributed by atoms with Crippen molar-refractivity contribution in [1.29, 1.82) is 0 Å². The van der Waals surface area contributed by atoms with Crippen LogP contribution in [0.2, 0.25) is 0 Å². The maximum atomic E-state index is 12.5. The van der Waals surface area contributed by atoms with E-state index < -0.39 is 0 Å². The fraction of sp³-hybridized carbons (Fsp3) is 0.400. The Kier molecular flexibility index (Phi) is 2.62. The summed E-state index contributed by atoms with van der Waals surface area (Å²) < 4.78 is 1.80. The largest absolute Gasteiger partial charge is 0.385 e. The quantitative estimate of drug-likeness (QED) is 0.835. The number of nitrogen functional groups attached to an aromatic ring is 1. The van der Waals surface area contributed by atoms with Crippen molar-refractivity contribution in [3.05, 3.63) is 40.7 Å². The maximum absolute atomic E-state index is 12.5. The van der Waals surface area contributed by atoms with Crippen LogP contribution in [0.4, 0.5) is 5.82 Å². The Labute approximate surface area is 106 Å². The summed E-state index contributed by atoms with van der Waals surface area (Å²) in [6, 6.07) is 9.85. The van der Waals surface area contributed by atoms with Gasteiger partial charge in [-0.05, 0) is 42.7 Å². The Hall–Kier alpha value is -1.77. The number of fused-ring (bicyclic) bond motifs is 1. The lowest BCUT2D eigenvalue weighted by Crippen LogP contribution is -2.26. The minimum atomic E-state index is 0.0599. The molecule has 1 aliphatic rings. The van der Waals surface area contributed by atoms with Gasteiger partial charge in [0.05, 0.1) is 0 Å². The van der Waals surface area contributed by atoms with Gasteiger partial charge in [-0.1, -0.05) is 25.1 Å². The third-order valence-corrected chi connectivity index (χ3v) is 4.02. The Morgan fingerprint density at radius 1 is 1.28 bits per heavy atom. The number of aromatic nitrogens is 1. The molecule has 0 aliphatic heterocycles. The van der Waals surface area contributed by atoms with Crippen molar-refractivity contribution < 1.29 is 0 Å². The molecule has 2 aromatic rings. The topological polar surface area (TPSA) is 48.0 Å². The summed E-state index contributed by atoms with van der Waals surface area (Å²) in [6.07, 6.45) is 3.30. The summed E-state index contributed by atoms with van der Waals surface area (Å²) in [6.45, 7) is 2.24. The van der Waals surface area contributed by atoms with Gasteiger partial charge >= 0.3 is 0 Å². The van der Waals surface area contributed by atoms with E-state index >= 15 is 0 Å². The van der Waals surface area contributed by atoms with Gasteiger partial charge in [0.15, 0.2) is 0 Å². The molecule has 1 heterocycles. The predicted molar refractivity (Wildman–Crippen MR) is 74.7 cm³/mol. The van der Waals surface area contributed by atoms with Crippen LogP contribution in [0.15, 0.2) is 35.1 Å². The minimum Gasteiger partial charge on any atom is -0.385 e. The monoisotopic (exact) mass is 242 g/mol. The summed E-state index contributed by atoms with van der Waals surface area (Å²) in [5.74, 6) is 1.28. The Bertz CT molecular complexity index is 644. The second kappa shape index (κ2) is 4.16. The van der Waals surface area contributed by atoms with Crippen molar-refractivity contribution in [2.45, 2.75) is 32.2 Å². The lowest BCUT2D eigenvalue weighted by molar-refractivity contribution is 0.489. The number of rotatable bonds is 1. The second-order valence-electron chi connectivity index (χ2n) is 5.40. The fourth-order valence-corrected chi connectivity index (χ4v) is 3.08. The molecule has 0 amide bonds. The van der Waals surface area contributed by atoms with E-state index in [1.165, 1.54) is 6.42 Å². The fourth-order valence-electron chi connectivity index (χ4n) is 3.08. The molecule has 0 bridgehead atoms. The van der Waals surface area contributed by atoms with Crippen molar-refractivity contribution in [2.75, 3.05) is 5.73 Å². The number of hydrogen-bond acceptors (Lipinski definition) is 2. The van der Waals surface area contributed by atoms with Crippen molar-refractivity contribution in [1.82, 2.24) is 4.57 Å². The first kappa shape index (κ1) is 11.3. The molecule has 2 N–H and O–H groups in total. The SMILES string of the molecule is CC1CCC(n2c(N)cc3ccccc3c2=O)C1. The van der Waals surface area contributed by atoms with Crippen LogP contribution in [0.5, 0.6) is 0 Å². The van der Waals surface area contributed by atoms with E-state index in [0.29, 0.717) is 11.7 Å². The van der Waals surface area contributed by atoms with E-state index in [0.717, 1.165) is 23.6 Å². The number of hydrogen-bond donors (Lipinski definition) is 1. The molecule has 3 heteroatoms. The van der Waals surface area contributed by atoms with Crippen LogP contribution in [-0.2, 0) is 0 Å². The van der Waals surface area contributed by atoms with Gasteiger partial charge in [-0.15, -0.1) is 0 Å². The molecule has 94 valence electrons. The highest BCUT2D eigenvalue weighted by Gasteiger charge is 2.25. The van der Waals surface area contributed by atoms with E-state index in [9.17, 15) is 4.79 Å². The summed E-state index contributed by atoms with van der Waals surface area (Å²) in [5.41, 5.74) is 6.14. The Morgan fingerprint density at radius 3 is 2.78 bits per heavy atom. The van der Waals surface area contributed by atoms with Crippen LogP contribution in [0, 0.1) is 5.92 Å². The van der Waals surface area contributed by atoms with Gasteiger partial charge in [-0.2, -0.15) is 0 Å². The van der Waals surface area contributed by atoms with Gasteiger partial charge in [0.1, 0.15) is 5.82 Å². The highest BCUT2D eigenvalue weighted by molar-refractivity contribution is 5.83. The van der Waals surface area contributed by atoms with Gasteiger partial charge in [-0.3, -0.25) is 9.36 Å². The van der Waals surface area contributed by atoms with E-state index in [1.807, 2.05) is 30.3 Å². The Morgan fingerprint density at radius 2 is 2.06 bits per heavy atom. The van der Waals surface area contributed by atoms with Gasteiger partial charge in [-0.25, -0.2) is 0 Å². The zero-order chi connectivity index (χ0) is 12.7. The zero-order valence-corrected chi connectivity index (χ0v) is 10.6. The molecule has 2 unspecified atom stereocenters. The predicted octanol–water partition coefficient (Wildman–Crippen LogP) is 2.94. The van der Waals surface area contributed by atoms with E-state index in [2.05, 4.69) is 6.92 Å². The number of nitrogens with two attached hydrogens (primary N) is 1. The smallest absolute Gasteiger partial charge is 0.260 e. The van der Waals surface area contributed by atoms with Crippen LogP contribution in [0.3, 0.4) is 0 Å². The van der Waals surface area contributed by atoms with Gasteiger partial charge in [0.25, 0.3) is 5.56 Å². The first-order chi connectivity index (χ1) is 8.66. The first-order valence-corrected chi connectivity index (χ1v) is 6.56. The second-order valence-corrected chi connectivity index (χ2v) is 5.40. The van der Waals surface area contributed by atoms with E-state index in [4.69, 9.17) is 5.73 Å². The molecule has 1 aromatic heterocycles. The van der Waals surface area contributed by atoms with E-state index in [-0.39, 0.29) is 11.6 Å². The summed E-state index contributed by atoms with van der Waals surface area (Å²) in [5, 5.41) is 1.70. The summed E-state index contributed by atoms with van der Waals surface area (Å²) in [7, 11) is 0. The highest BCUT2D eigenvalue weighted by Crippen LogP contribution is 2.34. The lowest BCUT2D eigenvalue weighted by Gasteiger charge is -2.17. The molecule has 3 nitrogen and oxygen atoms in total. The lowest BCUT2D eigenvalue weighted by atomic mass is 10.1. The molecule has 18 heavy (non-hydrogen) atoms. The van der Waals surface area contributed by atoms with Gasteiger partial charge in [0, 0.05) is 11.4 Å². The number of pyridine rings is 1. The van der Waals surface area contributed by atoms with Crippen molar-refractivity contribution in [3.63, 3.8) is 0 Å². The van der Waals surface area contributed by atoms with E-state index in [1.54, 1.807) is 4.57 Å². The minimum absolute atomic E-state index is 0.0599. The molecular weight excluding hydrogens is 224 g/mol. The molecule has 1 aliphatic carbocycles. The van der Waals surface area contributed by atoms with Crippen LogP contribution >= 0.6 is 0 Å². The van der Waals surface area contributed by atoms with Gasteiger partial charge in [0.2, 0.25) is 0 Å². The number of benzene rings is 1. The summed E-state index contributed by atoms with van der Waals surface area (Å²) in [4.78, 5) is 12.5. The van der Waals surface area contributed by atoms with Crippen LogP contribution in [-0.4, -0.2) is 4.57 Å². The number of nitrogens with zero attached hydrogens (tertiary/aromatic N) is 1. The molecule has 2 atom stereocenters. The number of anilines is 1. The maximum Gasteiger partial charge on any atom is 0.260 e. The molecule has 0 saturated heterocycles. The standard InChI is InChI=1S/C15H18N2O/c1-10-6-7-12(8-10)17-14(16)9-11-4-2-3-5-13(11)15(17)18/h2-5,9-10,12H,6-8,16H2,1H3. The average Bonchev–Trinajstić information content (AvgIpc) is 2.76. The zero-order valence-electron chi connectivity index (χ0n) is 10.6. The third kappa shape index (κ3) is 1.70. The first-order valence-electron chi connectivity index (χ1n) is 6.56. The third-order valence-electron chi connectivity index (χ3n) is 4.02. The Balaban J connectivity index is 2.20. The average molecular weight is 242 g/mol. The van der Waals surface area contributed by atoms with Crippen molar-refractivity contribution in [2.24, 2.45) is 5.92 Å². The summed E-state index contributed by atoms with van der Waals surface area (Å²) >= 11 is 0. The van der Waals surface area contributed by atoms with Gasteiger partial charge < -0.3 is 5.73 Å². The molecule has 0 spiro atoms. The molecule has 1 aromatic carbocycles. The highest BCUT2D eigenvalue weighted by atomic mass is 16.1. The molecule has 1 saturated carbocycles. The molecule has 3 rings (SSSR count).